The molecule has 1 aromatic heterocycles. The number of nitrogens with zero attached hydrogens (tertiary/aromatic N) is 3. The molecule has 0 unspecified atom stereocenters. The number of Topliss-reactive ketones (excluding diaryl/α,β-unsaturated/α-hetero) is 1. The summed E-state index contributed by atoms with van der Waals surface area (Å²) in [4.78, 5) is 16.6. The molecular weight excluding hydrogens is 314 g/mol. The van der Waals surface area contributed by atoms with Gasteiger partial charge in [-0.3, -0.25) is 4.79 Å². The molecule has 0 N–H and O–H groups in total. The van der Waals surface area contributed by atoms with E-state index in [1.165, 1.54) is 0 Å². The smallest absolute Gasteiger partial charge is 0.176 e. The minimum absolute atomic E-state index is 0.0104. The molecule has 0 saturated heterocycles. The number of ether oxygens (including phenoxy) is 1. The van der Waals surface area contributed by atoms with Gasteiger partial charge in [0, 0.05) is 17.7 Å². The molecule has 128 valence electrons. The lowest BCUT2D eigenvalue weighted by molar-refractivity contribution is 0.101. The van der Waals surface area contributed by atoms with Crippen molar-refractivity contribution in [3.8, 4) is 11.4 Å². The summed E-state index contributed by atoms with van der Waals surface area (Å²) in [6.45, 7) is 5.05. The minimum atomic E-state index is 0.0104. The van der Waals surface area contributed by atoms with Crippen molar-refractivity contribution in [1.82, 2.24) is 14.8 Å². The summed E-state index contributed by atoms with van der Waals surface area (Å²) >= 11 is 0. The molecule has 3 aromatic rings. The standard InChI is InChI=1S/C20H21N3O2/c1-3-25-14-19-21-20(18-12-8-7-11-17(18)15(2)24)23(22-19)13-16-9-5-4-6-10-16/h4-12H,3,13-14H2,1-2H3. The van der Waals surface area contributed by atoms with Gasteiger partial charge in [-0.05, 0) is 19.4 Å². The van der Waals surface area contributed by atoms with Gasteiger partial charge in [-0.15, -0.1) is 0 Å². The maximum absolute atomic E-state index is 12.0. The number of rotatable bonds is 7. The number of hydrogen-bond donors (Lipinski definition) is 0. The fourth-order valence-corrected chi connectivity index (χ4v) is 2.69. The van der Waals surface area contributed by atoms with Crippen molar-refractivity contribution in [3.05, 3.63) is 71.5 Å². The molecule has 0 bridgehead atoms. The van der Waals surface area contributed by atoms with Gasteiger partial charge in [-0.1, -0.05) is 54.6 Å². The van der Waals surface area contributed by atoms with Gasteiger partial charge >= 0.3 is 0 Å². The summed E-state index contributed by atoms with van der Waals surface area (Å²) in [5.74, 6) is 1.31. The van der Waals surface area contributed by atoms with Gasteiger partial charge in [0.2, 0.25) is 0 Å². The van der Waals surface area contributed by atoms with Crippen LogP contribution in [0.15, 0.2) is 54.6 Å². The molecule has 2 aromatic carbocycles. The second kappa shape index (κ2) is 7.85. The molecule has 0 amide bonds. The Hall–Kier alpha value is -2.79. The molecule has 25 heavy (non-hydrogen) atoms. The van der Waals surface area contributed by atoms with Crippen molar-refractivity contribution in [3.63, 3.8) is 0 Å². The number of aromatic nitrogens is 3. The van der Waals surface area contributed by atoms with E-state index in [-0.39, 0.29) is 5.78 Å². The van der Waals surface area contributed by atoms with Crippen LogP contribution in [0.25, 0.3) is 11.4 Å². The maximum Gasteiger partial charge on any atom is 0.176 e. The Morgan fingerprint density at radius 1 is 1.08 bits per heavy atom. The summed E-state index contributed by atoms with van der Waals surface area (Å²) in [6, 6.07) is 17.6. The van der Waals surface area contributed by atoms with Gasteiger partial charge in [-0.25, -0.2) is 9.67 Å². The first kappa shape index (κ1) is 17.0. The normalized spacial score (nSPS) is 10.8. The molecule has 0 radical (unpaired) electrons. The maximum atomic E-state index is 12.0. The second-order valence-electron chi connectivity index (χ2n) is 5.73. The van der Waals surface area contributed by atoms with Crippen molar-refractivity contribution >= 4 is 5.78 Å². The van der Waals surface area contributed by atoms with Crippen molar-refractivity contribution in [1.29, 1.82) is 0 Å². The highest BCUT2D eigenvalue weighted by Gasteiger charge is 2.17. The third-order valence-corrected chi connectivity index (χ3v) is 3.87. The highest BCUT2D eigenvalue weighted by molar-refractivity contribution is 6.00. The van der Waals surface area contributed by atoms with Gasteiger partial charge in [0.1, 0.15) is 6.61 Å². The van der Waals surface area contributed by atoms with Crippen LogP contribution < -0.4 is 0 Å². The van der Waals surface area contributed by atoms with Crippen LogP contribution in [0.2, 0.25) is 0 Å². The van der Waals surface area contributed by atoms with E-state index in [9.17, 15) is 4.79 Å². The zero-order chi connectivity index (χ0) is 17.6. The lowest BCUT2D eigenvalue weighted by Crippen LogP contribution is -2.06. The molecule has 0 spiro atoms. The number of carbonyl (C=O) groups is 1. The first-order valence-electron chi connectivity index (χ1n) is 8.34. The zero-order valence-electron chi connectivity index (χ0n) is 14.5. The molecule has 0 aliphatic heterocycles. The van der Waals surface area contributed by atoms with Crippen LogP contribution in [0.4, 0.5) is 0 Å². The Balaban J connectivity index is 2.05. The minimum Gasteiger partial charge on any atom is -0.374 e. The van der Waals surface area contributed by atoms with Gasteiger partial charge < -0.3 is 4.74 Å². The van der Waals surface area contributed by atoms with E-state index in [4.69, 9.17) is 4.74 Å². The first-order chi connectivity index (χ1) is 12.2. The zero-order valence-corrected chi connectivity index (χ0v) is 14.5. The summed E-state index contributed by atoms with van der Waals surface area (Å²) in [7, 11) is 0. The quantitative estimate of drug-likeness (QED) is 0.617. The van der Waals surface area contributed by atoms with Gasteiger partial charge in [-0.2, -0.15) is 5.10 Å². The third-order valence-electron chi connectivity index (χ3n) is 3.87. The number of carbonyl (C=O) groups excluding carboxylic acids is 1. The Morgan fingerprint density at radius 3 is 2.52 bits per heavy atom. The Bertz CT molecular complexity index is 856. The Labute approximate surface area is 147 Å². The summed E-state index contributed by atoms with van der Waals surface area (Å²) < 4.78 is 7.29. The van der Waals surface area contributed by atoms with Crippen LogP contribution in [0.1, 0.15) is 35.6 Å². The van der Waals surface area contributed by atoms with E-state index < -0.39 is 0 Å². The van der Waals surface area contributed by atoms with Crippen molar-refractivity contribution < 1.29 is 9.53 Å². The monoisotopic (exact) mass is 335 g/mol. The molecule has 0 saturated carbocycles. The largest absolute Gasteiger partial charge is 0.374 e. The van der Waals surface area contributed by atoms with E-state index >= 15 is 0 Å². The van der Waals surface area contributed by atoms with Crippen molar-refractivity contribution in [2.24, 2.45) is 0 Å². The van der Waals surface area contributed by atoms with Crippen LogP contribution in [0, 0.1) is 0 Å². The molecule has 0 fully saturated rings. The van der Waals surface area contributed by atoms with Crippen LogP contribution in [-0.2, 0) is 17.9 Å². The highest BCUT2D eigenvalue weighted by Crippen LogP contribution is 2.23. The molecule has 1 heterocycles. The molecule has 5 heteroatoms. The Morgan fingerprint density at radius 2 is 1.80 bits per heavy atom. The predicted octanol–water partition coefficient (Wildman–Crippen LogP) is 3.73. The topological polar surface area (TPSA) is 57.0 Å². The van der Waals surface area contributed by atoms with Crippen molar-refractivity contribution in [2.45, 2.75) is 27.0 Å². The molecule has 0 atom stereocenters. The van der Waals surface area contributed by atoms with Crippen molar-refractivity contribution in [2.75, 3.05) is 6.61 Å². The molecular formula is C20H21N3O2. The Kier molecular flexibility index (Phi) is 5.36. The molecule has 3 rings (SSSR count). The van der Waals surface area contributed by atoms with Crippen LogP contribution >= 0.6 is 0 Å². The SMILES string of the molecule is CCOCc1nc(-c2ccccc2C(C)=O)n(Cc2ccccc2)n1. The second-order valence-corrected chi connectivity index (χ2v) is 5.73. The van der Waals surface area contributed by atoms with E-state index in [0.717, 1.165) is 11.1 Å². The average Bonchev–Trinajstić information content (AvgIpc) is 3.03. The van der Waals surface area contributed by atoms with Crippen LogP contribution in [0.3, 0.4) is 0 Å². The van der Waals surface area contributed by atoms with Crippen LogP contribution in [-0.4, -0.2) is 27.2 Å². The lowest BCUT2D eigenvalue weighted by atomic mass is 10.0. The first-order valence-corrected chi connectivity index (χ1v) is 8.34. The average molecular weight is 335 g/mol. The summed E-state index contributed by atoms with van der Waals surface area (Å²) in [5, 5.41) is 4.59. The number of hydrogen-bond acceptors (Lipinski definition) is 4. The molecule has 5 nitrogen and oxygen atoms in total. The fraction of sp³-hybridized carbons (Fsp3) is 0.250. The summed E-state index contributed by atoms with van der Waals surface area (Å²) in [5.41, 5.74) is 2.56. The lowest BCUT2D eigenvalue weighted by Gasteiger charge is -2.09. The van der Waals surface area contributed by atoms with E-state index in [0.29, 0.717) is 37.0 Å². The number of ketones is 1. The van der Waals surface area contributed by atoms with E-state index in [1.807, 2.05) is 66.2 Å². The predicted molar refractivity (Wildman–Crippen MR) is 96.3 cm³/mol. The summed E-state index contributed by atoms with van der Waals surface area (Å²) in [6.07, 6.45) is 0. The van der Waals surface area contributed by atoms with E-state index in [2.05, 4.69) is 10.1 Å². The van der Waals surface area contributed by atoms with Gasteiger partial charge in [0.05, 0.1) is 6.54 Å². The molecule has 0 aliphatic carbocycles. The van der Waals surface area contributed by atoms with Gasteiger partial charge in [0.15, 0.2) is 17.4 Å². The fourth-order valence-electron chi connectivity index (χ4n) is 2.69. The third kappa shape index (κ3) is 4.00. The van der Waals surface area contributed by atoms with Gasteiger partial charge in [0.25, 0.3) is 0 Å². The van der Waals surface area contributed by atoms with E-state index in [1.54, 1.807) is 6.92 Å². The molecule has 0 aliphatic rings. The number of benzene rings is 2. The van der Waals surface area contributed by atoms with Crippen LogP contribution in [0.5, 0.6) is 0 Å². The highest BCUT2D eigenvalue weighted by atomic mass is 16.5.